The maximum atomic E-state index is 14.0. The first kappa shape index (κ1) is 37.8. The number of nitrogens with one attached hydrogen (secondary N) is 2. The highest BCUT2D eigenvalue weighted by Crippen LogP contribution is 2.45. The summed E-state index contributed by atoms with van der Waals surface area (Å²) in [6.45, 7) is 4.12. The minimum atomic E-state index is -4.59. The summed E-state index contributed by atoms with van der Waals surface area (Å²) in [5, 5.41) is 19.2. The first-order valence-corrected chi connectivity index (χ1v) is 18.9. The van der Waals surface area contributed by atoms with Gasteiger partial charge in [-0.2, -0.15) is 9.40 Å². The highest BCUT2D eigenvalue weighted by Gasteiger charge is 2.49. The first-order chi connectivity index (χ1) is 25.2. The van der Waals surface area contributed by atoms with Gasteiger partial charge in [0.2, 0.25) is 10.0 Å². The van der Waals surface area contributed by atoms with Crippen LogP contribution in [0.15, 0.2) is 88.9 Å². The van der Waals surface area contributed by atoms with Gasteiger partial charge in [0.05, 0.1) is 37.8 Å². The molecule has 3 heterocycles. The number of hydrogen-bond acceptors (Lipinski definition) is 9. The van der Waals surface area contributed by atoms with E-state index in [9.17, 15) is 45.1 Å². The average molecular weight is 782 g/mol. The Bertz CT molecular complexity index is 2560. The van der Waals surface area contributed by atoms with E-state index >= 15 is 0 Å². The van der Waals surface area contributed by atoms with Crippen LogP contribution in [0.5, 0.6) is 0 Å². The molecular formula is C35H33F2N7O8S2. The van der Waals surface area contributed by atoms with E-state index in [0.29, 0.717) is 28.6 Å². The lowest BCUT2D eigenvalue weighted by molar-refractivity contribution is 0.102. The molecule has 0 atom stereocenters. The molecule has 2 amide bonds. The van der Waals surface area contributed by atoms with Gasteiger partial charge in [-0.25, -0.2) is 34.4 Å². The SMILES string of the molecule is Cc1ccc(S(=O)(=O)n2ccc(C(=O)Nc3cc(N(C)C)ccc3C(=O)Nc3c4c(nn3C(=O)O)C(C)(C)N(S(=O)(=O)c3cc(F)cc(F)c3)C4)c2)cc1. The minimum absolute atomic E-state index is 0.00261. The van der Waals surface area contributed by atoms with Gasteiger partial charge in [0, 0.05) is 50.4 Å². The second kappa shape index (κ2) is 13.5. The van der Waals surface area contributed by atoms with Crippen LogP contribution in [0.1, 0.15) is 51.4 Å². The van der Waals surface area contributed by atoms with E-state index in [1.807, 2.05) is 6.92 Å². The third-order valence-electron chi connectivity index (χ3n) is 8.86. The summed E-state index contributed by atoms with van der Waals surface area (Å²) in [5.74, 6) is -4.34. The Kier molecular flexibility index (Phi) is 9.45. The number of aromatic nitrogens is 3. The number of amides is 2. The Balaban J connectivity index is 1.33. The lowest BCUT2D eigenvalue weighted by Gasteiger charge is -2.30. The molecule has 0 fully saturated rings. The third kappa shape index (κ3) is 6.72. The number of nitrogens with zero attached hydrogens (tertiary/aromatic N) is 5. The molecule has 0 unspecified atom stereocenters. The number of anilines is 3. The van der Waals surface area contributed by atoms with Gasteiger partial charge in [-0.3, -0.25) is 9.59 Å². The highest BCUT2D eigenvalue weighted by molar-refractivity contribution is 7.90. The summed E-state index contributed by atoms with van der Waals surface area (Å²) in [5.41, 5.74) is -0.420. The molecule has 2 aromatic heterocycles. The molecule has 3 aromatic carbocycles. The molecule has 15 nitrogen and oxygen atoms in total. The number of carbonyl (C=O) groups excluding carboxylic acids is 2. The van der Waals surface area contributed by atoms with E-state index in [-0.39, 0.29) is 33.0 Å². The Morgan fingerprint density at radius 1 is 0.852 bits per heavy atom. The molecule has 3 N–H and O–H groups in total. The van der Waals surface area contributed by atoms with Crippen molar-refractivity contribution >= 4 is 55.1 Å². The Morgan fingerprint density at radius 3 is 2.11 bits per heavy atom. The fourth-order valence-electron chi connectivity index (χ4n) is 5.98. The van der Waals surface area contributed by atoms with Gasteiger partial charge in [-0.1, -0.05) is 17.7 Å². The van der Waals surface area contributed by atoms with Crippen LogP contribution in [0.2, 0.25) is 0 Å². The monoisotopic (exact) mass is 781 g/mol. The van der Waals surface area contributed by atoms with Crippen LogP contribution in [0.4, 0.5) is 30.8 Å². The number of carbonyl (C=O) groups is 3. The van der Waals surface area contributed by atoms with Crippen LogP contribution in [0.3, 0.4) is 0 Å². The van der Waals surface area contributed by atoms with Crippen molar-refractivity contribution in [2.45, 2.75) is 42.6 Å². The van der Waals surface area contributed by atoms with Crippen LogP contribution in [0.25, 0.3) is 0 Å². The molecule has 0 aliphatic carbocycles. The average Bonchev–Trinajstić information content (AvgIpc) is 3.80. The fraction of sp³-hybridized carbons (Fsp3) is 0.200. The number of halogens is 2. The number of hydrogen-bond donors (Lipinski definition) is 3. The van der Waals surface area contributed by atoms with Gasteiger partial charge in [0.1, 0.15) is 17.5 Å². The smallest absolute Gasteiger partial charge is 0.434 e. The molecule has 19 heteroatoms. The zero-order valence-corrected chi connectivity index (χ0v) is 31.0. The van der Waals surface area contributed by atoms with Crippen molar-refractivity contribution < 1.29 is 45.1 Å². The lowest BCUT2D eigenvalue weighted by Crippen LogP contribution is -2.41. The molecule has 0 saturated carbocycles. The predicted octanol–water partition coefficient (Wildman–Crippen LogP) is 5.04. The zero-order valence-electron chi connectivity index (χ0n) is 29.3. The van der Waals surface area contributed by atoms with Crippen molar-refractivity contribution in [3.8, 4) is 0 Å². The molecular weight excluding hydrogens is 749 g/mol. The Hall–Kier alpha value is -5.92. The van der Waals surface area contributed by atoms with E-state index in [2.05, 4.69) is 15.7 Å². The van der Waals surface area contributed by atoms with E-state index in [1.165, 1.54) is 50.4 Å². The Morgan fingerprint density at radius 2 is 1.50 bits per heavy atom. The van der Waals surface area contributed by atoms with E-state index in [0.717, 1.165) is 20.0 Å². The molecule has 1 aliphatic rings. The molecule has 282 valence electrons. The molecule has 54 heavy (non-hydrogen) atoms. The van der Waals surface area contributed by atoms with Gasteiger partial charge >= 0.3 is 6.09 Å². The largest absolute Gasteiger partial charge is 0.463 e. The summed E-state index contributed by atoms with van der Waals surface area (Å²) in [4.78, 5) is 40.8. The molecule has 0 bridgehead atoms. The summed E-state index contributed by atoms with van der Waals surface area (Å²) in [7, 11) is -5.20. The number of benzene rings is 3. The standard InChI is InChI=1S/C35H33F2N7O8S2/c1-20-6-9-25(10-7-20)53(49,50)42-13-12-21(18-42)32(45)38-29-17-24(41(4)5)8-11-27(29)33(46)39-31-28-19-43(35(2,3)30(28)40-44(31)34(47)48)54(51,52)26-15-22(36)14-23(37)16-26/h6-18H,19H2,1-5H3,(H,38,45)(H,39,46)(H,47,48). The van der Waals surface area contributed by atoms with Crippen LogP contribution in [-0.2, 0) is 32.1 Å². The van der Waals surface area contributed by atoms with Crippen LogP contribution in [0, 0.1) is 18.6 Å². The number of fused-ring (bicyclic) bond motifs is 1. The number of rotatable bonds is 9. The molecule has 0 radical (unpaired) electrons. The van der Waals surface area contributed by atoms with Gasteiger partial charge in [0.15, 0.2) is 0 Å². The lowest BCUT2D eigenvalue weighted by atomic mass is 10.0. The van der Waals surface area contributed by atoms with Crippen molar-refractivity contribution in [1.82, 2.24) is 18.1 Å². The summed E-state index contributed by atoms with van der Waals surface area (Å²) in [6, 6.07) is 13.7. The highest BCUT2D eigenvalue weighted by atomic mass is 32.2. The maximum Gasteiger partial charge on any atom is 0.434 e. The van der Waals surface area contributed by atoms with Gasteiger partial charge < -0.3 is 20.6 Å². The Labute approximate surface area is 308 Å². The molecule has 0 saturated heterocycles. The number of aryl methyl sites for hydroxylation is 1. The molecule has 0 spiro atoms. The molecule has 5 aromatic rings. The van der Waals surface area contributed by atoms with Crippen LogP contribution in [-0.4, -0.2) is 72.0 Å². The van der Waals surface area contributed by atoms with Crippen molar-refractivity contribution in [3.05, 3.63) is 119 Å². The second-order valence-corrected chi connectivity index (χ2v) is 16.8. The van der Waals surface area contributed by atoms with E-state index in [4.69, 9.17) is 0 Å². The van der Waals surface area contributed by atoms with Crippen molar-refractivity contribution in [1.29, 1.82) is 0 Å². The molecule has 1 aliphatic heterocycles. The van der Waals surface area contributed by atoms with Crippen LogP contribution < -0.4 is 15.5 Å². The second-order valence-electron chi connectivity index (χ2n) is 13.1. The van der Waals surface area contributed by atoms with Crippen LogP contribution >= 0.6 is 0 Å². The van der Waals surface area contributed by atoms with Gasteiger partial charge in [-0.05, 0) is 69.3 Å². The quantitative estimate of drug-likeness (QED) is 0.182. The topological polar surface area (TPSA) is 193 Å². The van der Waals surface area contributed by atoms with Gasteiger partial charge in [-0.15, -0.1) is 4.68 Å². The number of sulfonamides is 1. The normalized spacial score (nSPS) is 14.1. The van der Waals surface area contributed by atoms with Gasteiger partial charge in [0.25, 0.3) is 21.8 Å². The predicted molar refractivity (Wildman–Crippen MR) is 193 cm³/mol. The maximum absolute atomic E-state index is 14.0. The van der Waals surface area contributed by atoms with Crippen molar-refractivity contribution in [3.63, 3.8) is 0 Å². The zero-order chi connectivity index (χ0) is 39.5. The molecule has 6 rings (SSSR count). The fourth-order valence-corrected chi connectivity index (χ4v) is 8.94. The summed E-state index contributed by atoms with van der Waals surface area (Å²) >= 11 is 0. The first-order valence-electron chi connectivity index (χ1n) is 16.0. The minimum Gasteiger partial charge on any atom is -0.463 e. The van der Waals surface area contributed by atoms with E-state index < -0.39 is 72.4 Å². The van der Waals surface area contributed by atoms with E-state index in [1.54, 1.807) is 37.2 Å². The van der Waals surface area contributed by atoms with Crippen molar-refractivity contribution in [2.75, 3.05) is 29.6 Å². The summed E-state index contributed by atoms with van der Waals surface area (Å²) in [6.07, 6.45) is 0.713. The summed E-state index contributed by atoms with van der Waals surface area (Å²) < 4.78 is 84.0. The van der Waals surface area contributed by atoms with Crippen molar-refractivity contribution in [2.24, 2.45) is 0 Å². The third-order valence-corrected chi connectivity index (χ3v) is 12.5. The number of carboxylic acid groups (broad SMARTS) is 1.